The van der Waals surface area contributed by atoms with Crippen molar-refractivity contribution < 1.29 is 0 Å². The van der Waals surface area contributed by atoms with Crippen LogP contribution in [0, 0.1) is 6.92 Å². The summed E-state index contributed by atoms with van der Waals surface area (Å²) in [6.07, 6.45) is 0. The summed E-state index contributed by atoms with van der Waals surface area (Å²) in [4.78, 5) is 19.9. The average molecular weight is 307 g/mol. The summed E-state index contributed by atoms with van der Waals surface area (Å²) in [5.41, 5.74) is 3.08. The predicted molar refractivity (Wildman–Crippen MR) is 79.3 cm³/mol. The third-order valence-corrected chi connectivity index (χ3v) is 3.54. The Hall–Kier alpha value is -1.86. The van der Waals surface area contributed by atoms with Gasteiger partial charge in [-0.25, -0.2) is 4.98 Å². The molecular weight excluding hydrogens is 296 g/mol. The van der Waals surface area contributed by atoms with Gasteiger partial charge < -0.3 is 10.3 Å². The zero-order chi connectivity index (χ0) is 14.1. The van der Waals surface area contributed by atoms with E-state index in [4.69, 9.17) is 11.6 Å². The molecule has 3 rings (SSSR count). The molecule has 0 atom stereocenters. The molecule has 0 aliphatic carbocycles. The van der Waals surface area contributed by atoms with Crippen LogP contribution in [0.1, 0.15) is 5.56 Å². The Morgan fingerprint density at radius 1 is 1.20 bits per heavy atom. The lowest BCUT2D eigenvalue weighted by atomic mass is 10.2. The summed E-state index contributed by atoms with van der Waals surface area (Å²) >= 11 is 7.16. The molecule has 0 amide bonds. The van der Waals surface area contributed by atoms with E-state index in [1.807, 2.05) is 25.1 Å². The van der Waals surface area contributed by atoms with Crippen LogP contribution in [0.25, 0.3) is 11.0 Å². The highest BCUT2D eigenvalue weighted by atomic mass is 35.5. The molecule has 0 spiro atoms. The van der Waals surface area contributed by atoms with E-state index in [-0.39, 0.29) is 5.28 Å². The van der Waals surface area contributed by atoms with Crippen molar-refractivity contribution in [1.82, 2.24) is 24.9 Å². The van der Waals surface area contributed by atoms with E-state index >= 15 is 0 Å². The van der Waals surface area contributed by atoms with Crippen molar-refractivity contribution >= 4 is 40.3 Å². The van der Waals surface area contributed by atoms with Crippen molar-refractivity contribution in [1.29, 1.82) is 0 Å². The van der Waals surface area contributed by atoms with Crippen molar-refractivity contribution in [2.24, 2.45) is 0 Å². The number of nitrogens with one attached hydrogen (secondary N) is 2. The molecule has 6 nitrogen and oxygen atoms in total. The van der Waals surface area contributed by atoms with Gasteiger partial charge in [-0.15, -0.1) is 0 Å². The molecule has 0 unspecified atom stereocenters. The molecule has 0 fully saturated rings. The minimum absolute atomic E-state index is 0.152. The van der Waals surface area contributed by atoms with Crippen LogP contribution in [0.15, 0.2) is 28.5 Å². The highest BCUT2D eigenvalue weighted by Crippen LogP contribution is 2.26. The van der Waals surface area contributed by atoms with Gasteiger partial charge in [-0.05, 0) is 48.0 Å². The number of hydrogen-bond acceptors (Lipinski definition) is 6. The van der Waals surface area contributed by atoms with E-state index in [9.17, 15) is 0 Å². The number of anilines is 1. The smallest absolute Gasteiger partial charge is 0.228 e. The molecule has 102 valence electrons. The van der Waals surface area contributed by atoms with Crippen molar-refractivity contribution in [2.45, 2.75) is 17.2 Å². The first-order valence-electron chi connectivity index (χ1n) is 5.87. The normalized spacial score (nSPS) is 10.9. The maximum absolute atomic E-state index is 5.85. The molecule has 2 heterocycles. The van der Waals surface area contributed by atoms with E-state index in [0.29, 0.717) is 11.1 Å². The molecule has 2 aromatic heterocycles. The van der Waals surface area contributed by atoms with Gasteiger partial charge in [0.25, 0.3) is 0 Å². The van der Waals surface area contributed by atoms with Crippen LogP contribution >= 0.6 is 23.4 Å². The third kappa shape index (κ3) is 2.68. The number of H-pyrrole nitrogens is 1. The molecule has 0 saturated heterocycles. The molecular formula is C12H11ClN6S. The predicted octanol–water partition coefficient (Wildman–Crippen LogP) is 2.90. The minimum atomic E-state index is 0.152. The quantitative estimate of drug-likeness (QED) is 0.774. The van der Waals surface area contributed by atoms with E-state index in [1.54, 1.807) is 7.05 Å². The number of nitrogens with zero attached hydrogens (tertiary/aromatic N) is 4. The van der Waals surface area contributed by atoms with Gasteiger partial charge in [-0.3, -0.25) is 0 Å². The van der Waals surface area contributed by atoms with Crippen LogP contribution in [0.3, 0.4) is 0 Å². The number of halogens is 1. The van der Waals surface area contributed by atoms with Crippen LogP contribution in [0.4, 0.5) is 5.95 Å². The van der Waals surface area contributed by atoms with Crippen LogP contribution in [0.5, 0.6) is 0 Å². The van der Waals surface area contributed by atoms with Crippen molar-refractivity contribution in [3.63, 3.8) is 0 Å². The first-order chi connectivity index (χ1) is 9.64. The lowest BCUT2D eigenvalue weighted by Crippen LogP contribution is -2.00. The monoisotopic (exact) mass is 306 g/mol. The maximum Gasteiger partial charge on any atom is 0.228 e. The molecule has 3 aromatic rings. The number of aromatic amines is 1. The first kappa shape index (κ1) is 13.1. The Balaban J connectivity index is 1.94. The van der Waals surface area contributed by atoms with Gasteiger partial charge in [0.2, 0.25) is 16.4 Å². The number of rotatable bonds is 3. The highest BCUT2D eigenvalue weighted by molar-refractivity contribution is 7.99. The summed E-state index contributed by atoms with van der Waals surface area (Å²) in [6, 6.07) is 6.05. The van der Waals surface area contributed by atoms with Gasteiger partial charge >= 0.3 is 0 Å². The molecule has 20 heavy (non-hydrogen) atoms. The van der Waals surface area contributed by atoms with Crippen LogP contribution in [-0.2, 0) is 0 Å². The molecule has 0 aliphatic heterocycles. The summed E-state index contributed by atoms with van der Waals surface area (Å²) in [5, 5.41) is 4.20. The SMILES string of the molecule is CNc1nc(Cl)nc(Sc2nc3ccc(C)cc3[nH]2)n1. The fraction of sp³-hybridized carbons (Fsp3) is 0.167. The Morgan fingerprint density at radius 3 is 2.85 bits per heavy atom. The highest BCUT2D eigenvalue weighted by Gasteiger charge is 2.09. The maximum atomic E-state index is 5.85. The van der Waals surface area contributed by atoms with Crippen molar-refractivity contribution in [3.05, 3.63) is 29.0 Å². The van der Waals surface area contributed by atoms with Gasteiger partial charge in [-0.2, -0.15) is 15.0 Å². The fourth-order valence-electron chi connectivity index (χ4n) is 1.72. The minimum Gasteiger partial charge on any atom is -0.357 e. The zero-order valence-corrected chi connectivity index (χ0v) is 12.4. The molecule has 0 radical (unpaired) electrons. The number of benzene rings is 1. The second kappa shape index (κ2) is 5.26. The van der Waals surface area contributed by atoms with Crippen LogP contribution in [-0.4, -0.2) is 32.0 Å². The first-order valence-corrected chi connectivity index (χ1v) is 7.07. The molecule has 0 bridgehead atoms. The molecule has 0 saturated carbocycles. The Kier molecular flexibility index (Phi) is 3.45. The second-order valence-electron chi connectivity index (χ2n) is 4.13. The van der Waals surface area contributed by atoms with E-state index in [0.717, 1.165) is 16.2 Å². The standard InChI is InChI=1S/C12H11ClN6S/c1-6-3-4-7-8(5-6)16-11(15-7)20-12-18-9(13)17-10(14-2)19-12/h3-5H,1-2H3,(H,15,16)(H,14,17,18,19). The number of hydrogen-bond donors (Lipinski definition) is 2. The lowest BCUT2D eigenvalue weighted by Gasteiger charge is -2.00. The summed E-state index contributed by atoms with van der Waals surface area (Å²) in [7, 11) is 1.73. The van der Waals surface area contributed by atoms with Gasteiger partial charge in [0.1, 0.15) is 0 Å². The van der Waals surface area contributed by atoms with Gasteiger partial charge in [0, 0.05) is 7.05 Å². The van der Waals surface area contributed by atoms with Crippen LogP contribution in [0.2, 0.25) is 5.28 Å². The third-order valence-electron chi connectivity index (χ3n) is 2.61. The lowest BCUT2D eigenvalue weighted by molar-refractivity contribution is 0.902. The number of aromatic nitrogens is 5. The number of imidazole rings is 1. The Morgan fingerprint density at radius 2 is 2.05 bits per heavy atom. The van der Waals surface area contributed by atoms with Crippen molar-refractivity contribution in [3.8, 4) is 0 Å². The summed E-state index contributed by atoms with van der Waals surface area (Å²) in [5.74, 6) is 0.430. The van der Waals surface area contributed by atoms with Crippen molar-refractivity contribution in [2.75, 3.05) is 12.4 Å². The van der Waals surface area contributed by atoms with Gasteiger partial charge in [0.15, 0.2) is 5.16 Å². The number of aryl methyl sites for hydroxylation is 1. The average Bonchev–Trinajstić information content (AvgIpc) is 2.79. The van der Waals surface area contributed by atoms with Crippen LogP contribution < -0.4 is 5.32 Å². The van der Waals surface area contributed by atoms with E-state index < -0.39 is 0 Å². The Labute approximate surface area is 124 Å². The summed E-state index contributed by atoms with van der Waals surface area (Å²) < 4.78 is 0. The van der Waals surface area contributed by atoms with Gasteiger partial charge in [-0.1, -0.05) is 6.07 Å². The molecule has 0 aliphatic rings. The molecule has 2 N–H and O–H groups in total. The largest absolute Gasteiger partial charge is 0.357 e. The van der Waals surface area contributed by atoms with E-state index in [1.165, 1.54) is 17.3 Å². The number of fused-ring (bicyclic) bond motifs is 1. The van der Waals surface area contributed by atoms with Gasteiger partial charge in [0.05, 0.1) is 11.0 Å². The zero-order valence-electron chi connectivity index (χ0n) is 10.8. The second-order valence-corrected chi connectivity index (χ2v) is 5.42. The Bertz CT molecular complexity index is 772. The fourth-order valence-corrected chi connectivity index (χ4v) is 2.68. The van der Waals surface area contributed by atoms with E-state index in [2.05, 4.69) is 30.2 Å². The topological polar surface area (TPSA) is 79.4 Å². The molecule has 8 heteroatoms. The molecule has 1 aromatic carbocycles. The summed E-state index contributed by atoms with van der Waals surface area (Å²) in [6.45, 7) is 2.04.